The van der Waals surface area contributed by atoms with Crippen LogP contribution in [0.5, 0.6) is 0 Å². The number of carbonyl (C=O) groups excluding carboxylic acids is 2. The van der Waals surface area contributed by atoms with E-state index < -0.39 is 0 Å². The van der Waals surface area contributed by atoms with Gasteiger partial charge < -0.3 is 9.73 Å². The molecule has 2 unspecified atom stereocenters. The number of nitrogens with zero attached hydrogens (tertiary/aromatic N) is 1. The number of fused-ring (bicyclic) bond motifs is 3. The Bertz CT molecular complexity index is 831. The summed E-state index contributed by atoms with van der Waals surface area (Å²) in [5.41, 5.74) is 1.43. The summed E-state index contributed by atoms with van der Waals surface area (Å²) in [5, 5.41) is 3.18. The van der Waals surface area contributed by atoms with Crippen LogP contribution in [0, 0.1) is 5.92 Å². The number of hydrogen-bond donors (Lipinski definition) is 1. The van der Waals surface area contributed by atoms with Crippen LogP contribution in [0.1, 0.15) is 47.6 Å². The Morgan fingerprint density at radius 2 is 1.92 bits per heavy atom. The van der Waals surface area contributed by atoms with Crippen molar-refractivity contribution in [2.75, 3.05) is 13.1 Å². The lowest BCUT2D eigenvalue weighted by atomic mass is 9.79. The van der Waals surface area contributed by atoms with E-state index in [0.717, 1.165) is 31.5 Å². The predicted octanol–water partition coefficient (Wildman–Crippen LogP) is 3.36. The molecule has 2 bridgehead atoms. The predicted molar refractivity (Wildman–Crippen MR) is 99.2 cm³/mol. The molecule has 3 fully saturated rings. The first-order valence-corrected chi connectivity index (χ1v) is 9.29. The van der Waals surface area contributed by atoms with E-state index in [1.807, 2.05) is 12.1 Å². The minimum absolute atomic E-state index is 0.00714. The van der Waals surface area contributed by atoms with Gasteiger partial charge in [-0.1, -0.05) is 18.2 Å². The van der Waals surface area contributed by atoms with E-state index in [4.69, 9.17) is 4.42 Å². The standard InChI is InChI=1S/C21H24N2O3/c1-13-20(15-8-10-23(13)11-9-15)22-21(25)19-7-6-18(26-19)17-5-3-4-16(12-17)14(2)24/h3-7,12-13,15,20H,8-11H2,1-2H3,(H,22,25). The minimum atomic E-state index is -0.162. The quantitative estimate of drug-likeness (QED) is 0.857. The fraction of sp³-hybridized carbons (Fsp3) is 0.429. The second kappa shape index (κ2) is 6.72. The Labute approximate surface area is 153 Å². The van der Waals surface area contributed by atoms with Crippen LogP contribution in [0.15, 0.2) is 40.8 Å². The van der Waals surface area contributed by atoms with Gasteiger partial charge in [0, 0.05) is 23.2 Å². The van der Waals surface area contributed by atoms with Gasteiger partial charge >= 0.3 is 0 Å². The van der Waals surface area contributed by atoms with Crippen molar-refractivity contribution in [1.82, 2.24) is 10.2 Å². The van der Waals surface area contributed by atoms with Crippen LogP contribution < -0.4 is 5.32 Å². The second-order valence-corrected chi connectivity index (χ2v) is 7.41. The van der Waals surface area contributed by atoms with Gasteiger partial charge in [-0.05, 0) is 63.9 Å². The van der Waals surface area contributed by atoms with Gasteiger partial charge in [-0.15, -0.1) is 0 Å². The van der Waals surface area contributed by atoms with E-state index >= 15 is 0 Å². The Morgan fingerprint density at radius 3 is 2.62 bits per heavy atom. The van der Waals surface area contributed by atoms with Crippen molar-refractivity contribution in [2.45, 2.75) is 38.8 Å². The van der Waals surface area contributed by atoms with Crippen molar-refractivity contribution in [3.8, 4) is 11.3 Å². The molecule has 0 radical (unpaired) electrons. The molecule has 5 rings (SSSR count). The molecule has 5 nitrogen and oxygen atoms in total. The number of amides is 1. The second-order valence-electron chi connectivity index (χ2n) is 7.41. The number of carbonyl (C=O) groups is 2. The number of piperidine rings is 3. The number of benzene rings is 1. The van der Waals surface area contributed by atoms with Gasteiger partial charge in [0.1, 0.15) is 5.76 Å². The van der Waals surface area contributed by atoms with Gasteiger partial charge in [0.25, 0.3) is 5.91 Å². The zero-order valence-corrected chi connectivity index (χ0v) is 15.2. The average molecular weight is 352 g/mol. The summed E-state index contributed by atoms with van der Waals surface area (Å²) in [6, 6.07) is 11.3. The van der Waals surface area contributed by atoms with Crippen molar-refractivity contribution >= 4 is 11.7 Å². The number of furan rings is 1. The molecule has 4 heterocycles. The highest BCUT2D eigenvalue weighted by atomic mass is 16.3. The molecule has 1 N–H and O–H groups in total. The Hall–Kier alpha value is -2.40. The summed E-state index contributed by atoms with van der Waals surface area (Å²) in [6.07, 6.45) is 2.30. The topological polar surface area (TPSA) is 62.6 Å². The first-order valence-electron chi connectivity index (χ1n) is 9.29. The smallest absolute Gasteiger partial charge is 0.287 e. The molecule has 136 valence electrons. The molecule has 1 aromatic carbocycles. The Kier molecular flexibility index (Phi) is 4.41. The molecule has 2 aromatic rings. The molecule has 26 heavy (non-hydrogen) atoms. The number of hydrogen-bond acceptors (Lipinski definition) is 4. The highest BCUT2D eigenvalue weighted by Gasteiger charge is 2.40. The van der Waals surface area contributed by atoms with Gasteiger partial charge in [-0.3, -0.25) is 14.5 Å². The van der Waals surface area contributed by atoms with E-state index in [1.165, 1.54) is 6.92 Å². The van der Waals surface area contributed by atoms with Crippen LogP contribution in [0.2, 0.25) is 0 Å². The average Bonchev–Trinajstić information content (AvgIpc) is 3.15. The summed E-state index contributed by atoms with van der Waals surface area (Å²) < 4.78 is 5.79. The molecule has 3 aliphatic heterocycles. The Balaban J connectivity index is 1.50. The lowest BCUT2D eigenvalue weighted by Crippen LogP contribution is -2.62. The molecule has 0 aliphatic carbocycles. The molecule has 3 aliphatic rings. The van der Waals surface area contributed by atoms with Crippen LogP contribution in [0.25, 0.3) is 11.3 Å². The summed E-state index contributed by atoms with van der Waals surface area (Å²) in [7, 11) is 0. The first kappa shape index (κ1) is 17.0. The third-order valence-electron chi connectivity index (χ3n) is 5.86. The fourth-order valence-corrected chi connectivity index (χ4v) is 4.27. The maximum Gasteiger partial charge on any atom is 0.287 e. The lowest BCUT2D eigenvalue weighted by molar-refractivity contribution is 0.0211. The van der Waals surface area contributed by atoms with E-state index in [2.05, 4.69) is 17.1 Å². The van der Waals surface area contributed by atoms with Crippen molar-refractivity contribution in [2.24, 2.45) is 5.92 Å². The van der Waals surface area contributed by atoms with Gasteiger partial charge in [0.15, 0.2) is 11.5 Å². The van der Waals surface area contributed by atoms with Crippen molar-refractivity contribution in [3.05, 3.63) is 47.7 Å². The highest BCUT2D eigenvalue weighted by molar-refractivity contribution is 5.95. The molecule has 0 spiro atoms. The summed E-state index contributed by atoms with van der Waals surface area (Å²) in [6.45, 7) is 6.00. The monoisotopic (exact) mass is 352 g/mol. The van der Waals surface area contributed by atoms with Crippen molar-refractivity contribution < 1.29 is 14.0 Å². The van der Waals surface area contributed by atoms with E-state index in [0.29, 0.717) is 29.0 Å². The molecule has 5 heteroatoms. The first-order chi connectivity index (χ1) is 12.5. The zero-order chi connectivity index (χ0) is 18.3. The van der Waals surface area contributed by atoms with E-state index in [1.54, 1.807) is 24.3 Å². The molecule has 1 amide bonds. The maximum atomic E-state index is 12.7. The lowest BCUT2D eigenvalue weighted by Gasteiger charge is -2.49. The summed E-state index contributed by atoms with van der Waals surface area (Å²) >= 11 is 0. The fourth-order valence-electron chi connectivity index (χ4n) is 4.27. The summed E-state index contributed by atoms with van der Waals surface area (Å²) in [4.78, 5) is 26.7. The zero-order valence-electron chi connectivity index (χ0n) is 15.2. The molecule has 2 atom stereocenters. The van der Waals surface area contributed by atoms with Gasteiger partial charge in [-0.2, -0.15) is 0 Å². The summed E-state index contributed by atoms with van der Waals surface area (Å²) in [5.74, 6) is 1.31. The SMILES string of the molecule is CC(=O)c1cccc(-c2ccc(C(=O)NC3C4CCN(CC4)C3C)o2)c1. The largest absolute Gasteiger partial charge is 0.451 e. The van der Waals surface area contributed by atoms with Gasteiger partial charge in [-0.25, -0.2) is 0 Å². The molecule has 0 saturated carbocycles. The van der Waals surface area contributed by atoms with Crippen LogP contribution in [-0.2, 0) is 0 Å². The third kappa shape index (κ3) is 3.07. The maximum absolute atomic E-state index is 12.7. The van der Waals surface area contributed by atoms with Gasteiger partial charge in [0.05, 0.1) is 0 Å². The molecule has 1 aromatic heterocycles. The third-order valence-corrected chi connectivity index (χ3v) is 5.86. The van der Waals surface area contributed by atoms with Crippen LogP contribution >= 0.6 is 0 Å². The van der Waals surface area contributed by atoms with Gasteiger partial charge in [0.2, 0.25) is 0 Å². The van der Waals surface area contributed by atoms with Crippen LogP contribution in [-0.4, -0.2) is 41.8 Å². The normalized spacial score (nSPS) is 27.3. The molecular formula is C21H24N2O3. The van der Waals surface area contributed by atoms with E-state index in [9.17, 15) is 9.59 Å². The van der Waals surface area contributed by atoms with Crippen molar-refractivity contribution in [3.63, 3.8) is 0 Å². The van der Waals surface area contributed by atoms with Crippen LogP contribution in [0.4, 0.5) is 0 Å². The minimum Gasteiger partial charge on any atom is -0.451 e. The molecular weight excluding hydrogens is 328 g/mol. The number of nitrogens with one attached hydrogen (secondary N) is 1. The number of rotatable bonds is 4. The van der Waals surface area contributed by atoms with Crippen LogP contribution in [0.3, 0.4) is 0 Å². The number of ketones is 1. The molecule has 3 saturated heterocycles. The van der Waals surface area contributed by atoms with E-state index in [-0.39, 0.29) is 17.7 Å². The van der Waals surface area contributed by atoms with Crippen molar-refractivity contribution in [1.29, 1.82) is 0 Å². The number of Topliss-reactive ketones (excluding diaryl/α,β-unsaturated/α-hetero) is 1. The highest BCUT2D eigenvalue weighted by Crippen LogP contribution is 2.32. The Morgan fingerprint density at radius 1 is 1.15 bits per heavy atom.